The number of amides is 1. The maximum Gasteiger partial charge on any atom is 0.300 e. The summed E-state index contributed by atoms with van der Waals surface area (Å²) in [5, 5.41) is 10.1. The molecule has 9 nitrogen and oxygen atoms in total. The van der Waals surface area contributed by atoms with Crippen molar-refractivity contribution in [2.45, 2.75) is 0 Å². The van der Waals surface area contributed by atoms with Crippen LogP contribution in [-0.2, 0) is 4.79 Å². The van der Waals surface area contributed by atoms with Crippen LogP contribution >= 0.6 is 0 Å². The van der Waals surface area contributed by atoms with Gasteiger partial charge in [0, 0.05) is 55.2 Å². The van der Waals surface area contributed by atoms with E-state index in [0.29, 0.717) is 22.8 Å². The molecule has 0 aliphatic carbocycles. The van der Waals surface area contributed by atoms with Crippen molar-refractivity contribution in [1.29, 1.82) is 0 Å². The predicted octanol–water partition coefficient (Wildman–Crippen LogP) is 2.81. The Balaban J connectivity index is 1.41. The summed E-state index contributed by atoms with van der Waals surface area (Å²) < 4.78 is 0. The fourth-order valence-corrected chi connectivity index (χ4v) is 3.81. The third-order valence-corrected chi connectivity index (χ3v) is 5.47. The molecule has 0 bridgehead atoms. The van der Waals surface area contributed by atoms with Gasteiger partial charge in [-0.2, -0.15) is 0 Å². The van der Waals surface area contributed by atoms with Crippen molar-refractivity contribution in [2.75, 3.05) is 41.7 Å². The van der Waals surface area contributed by atoms with Gasteiger partial charge in [-0.15, -0.1) is 6.42 Å². The smallest absolute Gasteiger partial charge is 0.300 e. The largest absolute Gasteiger partial charge is 0.354 e. The van der Waals surface area contributed by atoms with E-state index in [9.17, 15) is 4.79 Å². The molecule has 5 rings (SSSR count). The number of hydrogen-bond acceptors (Lipinski definition) is 8. The van der Waals surface area contributed by atoms with E-state index in [1.165, 1.54) is 0 Å². The Bertz CT molecular complexity index is 1370. The lowest BCUT2D eigenvalue weighted by atomic mass is 10.1. The number of aromatic nitrogens is 4. The minimum absolute atomic E-state index is 0.440. The lowest BCUT2D eigenvalue weighted by molar-refractivity contribution is -0.111. The van der Waals surface area contributed by atoms with Crippen LogP contribution in [-0.4, -0.2) is 52.0 Å². The van der Waals surface area contributed by atoms with Crippen LogP contribution in [0.3, 0.4) is 0 Å². The standard InChI is InChI=1S/C25H22N8O/c1-2-22(34)30-19-5-3-4-17(14-19)23-24-18(8-9-27-23)15-29-25(32-24)31-20-6-7-21(28-16-20)33-12-10-26-11-13-33/h1,3-9,14-16,26H,10-13H2,(H,30,34)(H,29,31,32). The number of nitrogens with one attached hydrogen (secondary N) is 3. The molecule has 1 fully saturated rings. The van der Waals surface area contributed by atoms with E-state index in [1.807, 2.05) is 42.3 Å². The van der Waals surface area contributed by atoms with Crippen LogP contribution in [0.1, 0.15) is 0 Å². The summed E-state index contributed by atoms with van der Waals surface area (Å²) in [6.07, 6.45) is 10.4. The first-order valence-electron chi connectivity index (χ1n) is 10.9. The maximum atomic E-state index is 11.6. The van der Waals surface area contributed by atoms with Crippen molar-refractivity contribution in [2.24, 2.45) is 0 Å². The second kappa shape index (κ2) is 9.52. The van der Waals surface area contributed by atoms with Crippen molar-refractivity contribution in [3.63, 3.8) is 0 Å². The maximum absolute atomic E-state index is 11.6. The third-order valence-electron chi connectivity index (χ3n) is 5.47. The Morgan fingerprint density at radius 3 is 2.71 bits per heavy atom. The first kappa shape index (κ1) is 21.3. The number of nitrogens with zero attached hydrogens (tertiary/aromatic N) is 5. The van der Waals surface area contributed by atoms with Gasteiger partial charge < -0.3 is 20.9 Å². The Morgan fingerprint density at radius 1 is 1.03 bits per heavy atom. The molecule has 1 aliphatic heterocycles. The van der Waals surface area contributed by atoms with Gasteiger partial charge in [0.2, 0.25) is 5.95 Å². The van der Waals surface area contributed by atoms with Crippen LogP contribution in [0.25, 0.3) is 22.2 Å². The normalized spacial score (nSPS) is 13.3. The summed E-state index contributed by atoms with van der Waals surface area (Å²) in [7, 11) is 0. The molecule has 168 valence electrons. The molecule has 0 spiro atoms. The van der Waals surface area contributed by atoms with Crippen molar-refractivity contribution in [1.82, 2.24) is 25.3 Å². The molecule has 9 heteroatoms. The van der Waals surface area contributed by atoms with E-state index >= 15 is 0 Å². The van der Waals surface area contributed by atoms with Gasteiger partial charge >= 0.3 is 0 Å². The zero-order valence-electron chi connectivity index (χ0n) is 18.3. The molecule has 0 radical (unpaired) electrons. The second-order valence-corrected chi connectivity index (χ2v) is 7.74. The Hall–Kier alpha value is -4.55. The number of carbonyl (C=O) groups excluding carboxylic acids is 1. The van der Waals surface area contributed by atoms with Gasteiger partial charge in [0.25, 0.3) is 5.91 Å². The number of piperazine rings is 1. The van der Waals surface area contributed by atoms with E-state index < -0.39 is 5.91 Å². The minimum atomic E-state index is -0.506. The summed E-state index contributed by atoms with van der Waals surface area (Å²) >= 11 is 0. The van der Waals surface area contributed by atoms with Gasteiger partial charge in [-0.1, -0.05) is 12.1 Å². The summed E-state index contributed by atoms with van der Waals surface area (Å²) in [4.78, 5) is 32.1. The second-order valence-electron chi connectivity index (χ2n) is 7.74. The van der Waals surface area contributed by atoms with E-state index in [-0.39, 0.29) is 0 Å². The number of anilines is 4. The molecule has 0 atom stereocenters. The first-order valence-corrected chi connectivity index (χ1v) is 10.9. The molecule has 0 unspecified atom stereocenters. The van der Waals surface area contributed by atoms with Crippen molar-refractivity contribution < 1.29 is 4.79 Å². The van der Waals surface area contributed by atoms with E-state index in [0.717, 1.165) is 48.6 Å². The molecule has 1 amide bonds. The SMILES string of the molecule is C#CC(=O)Nc1cccc(-c2nccc3cnc(Nc4ccc(N5CCNCC5)nc4)nc23)c1. The van der Waals surface area contributed by atoms with Gasteiger partial charge in [0.15, 0.2) is 0 Å². The van der Waals surface area contributed by atoms with Crippen LogP contribution in [0.2, 0.25) is 0 Å². The highest BCUT2D eigenvalue weighted by atomic mass is 16.1. The summed E-state index contributed by atoms with van der Waals surface area (Å²) in [6.45, 7) is 3.80. The lowest BCUT2D eigenvalue weighted by Crippen LogP contribution is -2.43. The van der Waals surface area contributed by atoms with Crippen molar-refractivity contribution >= 4 is 40.0 Å². The fraction of sp³-hybridized carbons (Fsp3) is 0.160. The molecule has 1 aromatic carbocycles. The summed E-state index contributed by atoms with van der Waals surface area (Å²) in [5.41, 5.74) is 3.54. The van der Waals surface area contributed by atoms with Gasteiger partial charge in [0.1, 0.15) is 11.3 Å². The molecular formula is C25H22N8O. The molecule has 3 N–H and O–H groups in total. The lowest BCUT2D eigenvalue weighted by Gasteiger charge is -2.28. The first-order chi connectivity index (χ1) is 16.7. The fourth-order valence-electron chi connectivity index (χ4n) is 3.81. The number of pyridine rings is 2. The molecule has 0 saturated carbocycles. The Morgan fingerprint density at radius 2 is 1.91 bits per heavy atom. The van der Waals surface area contributed by atoms with E-state index in [4.69, 9.17) is 11.4 Å². The summed E-state index contributed by atoms with van der Waals surface area (Å²) in [5.74, 6) is 2.94. The molecule has 1 saturated heterocycles. The van der Waals surface area contributed by atoms with Gasteiger partial charge in [-0.05, 0) is 36.3 Å². The summed E-state index contributed by atoms with van der Waals surface area (Å²) in [6, 6.07) is 13.1. The number of benzene rings is 1. The van der Waals surface area contributed by atoms with Crippen LogP contribution in [0, 0.1) is 12.3 Å². The van der Waals surface area contributed by atoms with E-state index in [1.54, 1.807) is 24.7 Å². The van der Waals surface area contributed by atoms with Crippen molar-refractivity contribution in [3.8, 4) is 23.6 Å². The average molecular weight is 451 g/mol. The number of hydrogen-bond donors (Lipinski definition) is 3. The average Bonchev–Trinajstić information content (AvgIpc) is 2.89. The van der Waals surface area contributed by atoms with Crippen LogP contribution in [0.4, 0.5) is 23.1 Å². The number of fused-ring (bicyclic) bond motifs is 1. The topological polar surface area (TPSA) is 108 Å². The highest BCUT2D eigenvalue weighted by molar-refractivity contribution is 6.04. The van der Waals surface area contributed by atoms with Gasteiger partial charge in [0.05, 0.1) is 17.6 Å². The molecule has 4 heterocycles. The van der Waals surface area contributed by atoms with Crippen LogP contribution < -0.4 is 20.9 Å². The third kappa shape index (κ3) is 4.62. The zero-order valence-corrected chi connectivity index (χ0v) is 18.3. The van der Waals surface area contributed by atoms with Gasteiger partial charge in [-0.3, -0.25) is 9.78 Å². The minimum Gasteiger partial charge on any atom is -0.354 e. The van der Waals surface area contributed by atoms with E-state index in [2.05, 4.69) is 35.8 Å². The van der Waals surface area contributed by atoms with Crippen LogP contribution in [0.15, 0.2) is 61.1 Å². The molecule has 34 heavy (non-hydrogen) atoms. The number of rotatable bonds is 5. The quantitative estimate of drug-likeness (QED) is 0.399. The highest BCUT2D eigenvalue weighted by Crippen LogP contribution is 2.28. The molecule has 1 aliphatic rings. The zero-order chi connectivity index (χ0) is 23.3. The van der Waals surface area contributed by atoms with Crippen LogP contribution in [0.5, 0.6) is 0 Å². The predicted molar refractivity (Wildman–Crippen MR) is 133 cm³/mol. The Labute approximate surface area is 196 Å². The van der Waals surface area contributed by atoms with Crippen molar-refractivity contribution in [3.05, 3.63) is 61.1 Å². The van der Waals surface area contributed by atoms with Gasteiger partial charge in [-0.25, -0.2) is 15.0 Å². The molecule has 3 aromatic heterocycles. The number of carbonyl (C=O) groups is 1. The molecular weight excluding hydrogens is 428 g/mol. The monoisotopic (exact) mass is 450 g/mol. The number of terminal acetylenes is 1. The molecule has 4 aromatic rings. The Kier molecular flexibility index (Phi) is 5.97. The highest BCUT2D eigenvalue weighted by Gasteiger charge is 2.13.